The molecule has 0 heterocycles. The fraction of sp³-hybridized carbons (Fsp3) is 0.286. The number of nitrogens with one attached hydrogen (secondary N) is 1. The molecule has 0 saturated heterocycles. The molecule has 1 amide bonds. The minimum absolute atomic E-state index is 0.0188. The molecule has 7 heteroatoms. The van der Waals surface area contributed by atoms with E-state index in [1.165, 1.54) is 6.08 Å². The van der Waals surface area contributed by atoms with Crippen LogP contribution in [-0.2, 0) is 14.1 Å². The zero-order chi connectivity index (χ0) is 15.7. The molecule has 0 aromatic heterocycles. The maximum atomic E-state index is 12.0. The van der Waals surface area contributed by atoms with Crippen molar-refractivity contribution in [2.45, 2.75) is 6.92 Å². The van der Waals surface area contributed by atoms with E-state index in [9.17, 15) is 14.2 Å². The van der Waals surface area contributed by atoms with Gasteiger partial charge >= 0.3 is 13.8 Å². The molecule has 1 aromatic carbocycles. The average molecular weight is 310 g/mol. The molecule has 0 aliphatic heterocycles. The van der Waals surface area contributed by atoms with Gasteiger partial charge in [0.05, 0.1) is 6.61 Å². The van der Waals surface area contributed by atoms with Crippen molar-refractivity contribution in [3.8, 4) is 0 Å². The number of ether oxygens (including phenoxy) is 1. The van der Waals surface area contributed by atoms with Gasteiger partial charge in [-0.25, -0.2) is 4.79 Å². The number of allylic oxidation sites excluding steroid dienone is 1. The van der Waals surface area contributed by atoms with Gasteiger partial charge in [0.25, 0.3) is 5.91 Å². The van der Waals surface area contributed by atoms with Gasteiger partial charge in [-0.15, -0.1) is 0 Å². The lowest BCUT2D eigenvalue weighted by atomic mass is 10.2. The molecule has 0 spiro atoms. The van der Waals surface area contributed by atoms with E-state index in [1.807, 2.05) is 0 Å². The van der Waals surface area contributed by atoms with E-state index in [1.54, 1.807) is 37.3 Å². The fourth-order valence-electron chi connectivity index (χ4n) is 1.43. The van der Waals surface area contributed by atoms with Gasteiger partial charge in [-0.2, -0.15) is 0 Å². The number of carbonyl (C=O) groups is 2. The van der Waals surface area contributed by atoms with E-state index in [2.05, 4.69) is 5.32 Å². The lowest BCUT2D eigenvalue weighted by Crippen LogP contribution is -2.28. The first-order chi connectivity index (χ1) is 10.1. The molecular formula is C14H17NO5P+. The molecule has 0 aliphatic rings. The molecule has 1 rings (SSSR count). The Kier molecular flexibility index (Phi) is 7.29. The molecule has 0 aliphatic carbocycles. The van der Waals surface area contributed by atoms with E-state index in [-0.39, 0.29) is 18.5 Å². The van der Waals surface area contributed by atoms with Gasteiger partial charge in [0, 0.05) is 5.56 Å². The zero-order valence-electron chi connectivity index (χ0n) is 11.6. The summed E-state index contributed by atoms with van der Waals surface area (Å²) in [5, 5.41) is 11.2. The predicted molar refractivity (Wildman–Crippen MR) is 78.2 cm³/mol. The van der Waals surface area contributed by atoms with Crippen molar-refractivity contribution in [2.75, 3.05) is 19.1 Å². The maximum absolute atomic E-state index is 12.0. The Balaban J connectivity index is 2.84. The van der Waals surface area contributed by atoms with Crippen LogP contribution in [0.4, 0.5) is 0 Å². The second-order valence-corrected chi connectivity index (χ2v) is 5.58. The van der Waals surface area contributed by atoms with Crippen molar-refractivity contribution in [2.24, 2.45) is 0 Å². The minimum atomic E-state index is -1.85. The number of hydrogen-bond donors (Lipinski definition) is 2. The van der Waals surface area contributed by atoms with E-state index < -0.39 is 26.0 Å². The number of esters is 1. The molecule has 0 fully saturated rings. The first-order valence-electron chi connectivity index (χ1n) is 6.35. The number of aliphatic hydroxyl groups is 1. The standard InChI is InChI=1S/C14H16NO5P/c1-2-20-14(18)12(8-9-21(19)10-16)15-13(17)11-6-4-3-5-7-11/h3-8,16H,2,9-10H2,1H3/p+1. The number of amides is 1. The van der Waals surface area contributed by atoms with Crippen molar-refractivity contribution >= 4 is 19.7 Å². The third-order valence-corrected chi connectivity index (χ3v) is 3.34. The molecule has 21 heavy (non-hydrogen) atoms. The van der Waals surface area contributed by atoms with Crippen molar-refractivity contribution in [3.63, 3.8) is 0 Å². The maximum Gasteiger partial charge on any atom is 0.370 e. The Labute approximate surface area is 123 Å². The third kappa shape index (κ3) is 5.85. The molecule has 0 bridgehead atoms. The van der Waals surface area contributed by atoms with E-state index in [0.29, 0.717) is 5.56 Å². The number of rotatable bonds is 7. The quantitative estimate of drug-likeness (QED) is 0.454. The molecule has 1 aromatic rings. The number of benzene rings is 1. The van der Waals surface area contributed by atoms with Crippen LogP contribution >= 0.6 is 7.80 Å². The van der Waals surface area contributed by atoms with Gasteiger partial charge in [0.1, 0.15) is 5.70 Å². The molecule has 0 radical (unpaired) electrons. The lowest BCUT2D eigenvalue weighted by molar-refractivity contribution is -0.138. The third-order valence-electron chi connectivity index (χ3n) is 2.44. The van der Waals surface area contributed by atoms with Crippen LogP contribution in [0.15, 0.2) is 42.1 Å². The molecule has 1 atom stereocenters. The average Bonchev–Trinajstić information content (AvgIpc) is 2.51. The Hall–Kier alpha value is -2.04. The predicted octanol–water partition coefficient (Wildman–Crippen LogP) is 1.64. The molecule has 2 N–H and O–H groups in total. The summed E-state index contributed by atoms with van der Waals surface area (Å²) >= 11 is 0. The highest BCUT2D eigenvalue weighted by atomic mass is 31.1. The van der Waals surface area contributed by atoms with Crippen molar-refractivity contribution in [1.82, 2.24) is 5.32 Å². The first-order valence-corrected chi connectivity index (χ1v) is 7.98. The number of aliphatic hydroxyl groups excluding tert-OH is 1. The van der Waals surface area contributed by atoms with E-state index >= 15 is 0 Å². The second-order valence-electron chi connectivity index (χ2n) is 3.96. The van der Waals surface area contributed by atoms with Gasteiger partial charge in [-0.05, 0) is 25.1 Å². The van der Waals surface area contributed by atoms with Crippen LogP contribution in [0.5, 0.6) is 0 Å². The van der Waals surface area contributed by atoms with Gasteiger partial charge < -0.3 is 15.2 Å². The summed E-state index contributed by atoms with van der Waals surface area (Å²) in [4.78, 5) is 23.7. The van der Waals surface area contributed by atoms with Crippen molar-refractivity contribution in [3.05, 3.63) is 47.7 Å². The van der Waals surface area contributed by atoms with Crippen LogP contribution in [0, 0.1) is 0 Å². The highest BCUT2D eigenvalue weighted by Crippen LogP contribution is 2.18. The SMILES string of the molecule is CCOC(=O)C(=CC[P+](=O)CO)NC(=O)c1ccccc1. The summed E-state index contributed by atoms with van der Waals surface area (Å²) < 4.78 is 16.1. The van der Waals surface area contributed by atoms with Gasteiger partial charge in [0.15, 0.2) is 6.16 Å². The lowest BCUT2D eigenvalue weighted by Gasteiger charge is -2.08. The topological polar surface area (TPSA) is 92.7 Å². The van der Waals surface area contributed by atoms with Gasteiger partial charge in [0.2, 0.25) is 6.35 Å². The highest BCUT2D eigenvalue weighted by molar-refractivity contribution is 7.44. The van der Waals surface area contributed by atoms with Crippen LogP contribution in [-0.4, -0.2) is 36.1 Å². The van der Waals surface area contributed by atoms with Crippen LogP contribution in [0.2, 0.25) is 0 Å². The summed E-state index contributed by atoms with van der Waals surface area (Å²) in [7, 11) is -1.85. The molecule has 112 valence electrons. The second kappa shape index (κ2) is 9.00. The van der Waals surface area contributed by atoms with Crippen LogP contribution < -0.4 is 5.32 Å². The van der Waals surface area contributed by atoms with Crippen LogP contribution in [0.25, 0.3) is 0 Å². The normalized spacial score (nSPS) is 11.7. The molecule has 0 saturated carbocycles. The van der Waals surface area contributed by atoms with Crippen LogP contribution in [0.1, 0.15) is 17.3 Å². The van der Waals surface area contributed by atoms with Crippen LogP contribution in [0.3, 0.4) is 0 Å². The van der Waals surface area contributed by atoms with Gasteiger partial charge in [-0.1, -0.05) is 22.8 Å². The summed E-state index contributed by atoms with van der Waals surface area (Å²) in [5.41, 5.74) is 0.307. The monoisotopic (exact) mass is 310 g/mol. The Bertz CT molecular complexity index is 542. The van der Waals surface area contributed by atoms with Crippen molar-refractivity contribution in [1.29, 1.82) is 0 Å². The summed E-state index contributed by atoms with van der Waals surface area (Å²) in [6, 6.07) is 8.38. The summed E-state index contributed by atoms with van der Waals surface area (Å²) in [6.07, 6.45) is 0.803. The smallest absolute Gasteiger partial charge is 0.370 e. The van der Waals surface area contributed by atoms with Crippen molar-refractivity contribution < 1.29 is 24.0 Å². The zero-order valence-corrected chi connectivity index (χ0v) is 12.5. The first kappa shape index (κ1) is 17.0. The summed E-state index contributed by atoms with van der Waals surface area (Å²) in [5.74, 6) is -1.17. The largest absolute Gasteiger partial charge is 0.461 e. The molecular weight excluding hydrogens is 293 g/mol. The fourth-order valence-corrected chi connectivity index (χ4v) is 1.93. The molecule has 6 nitrogen and oxygen atoms in total. The Morgan fingerprint density at radius 2 is 2.00 bits per heavy atom. The number of hydrogen-bond acceptors (Lipinski definition) is 5. The van der Waals surface area contributed by atoms with E-state index in [0.717, 1.165) is 0 Å². The summed E-state index contributed by atoms with van der Waals surface area (Å²) in [6.45, 7) is 1.80. The van der Waals surface area contributed by atoms with E-state index in [4.69, 9.17) is 9.84 Å². The highest BCUT2D eigenvalue weighted by Gasteiger charge is 2.18. The number of carbonyl (C=O) groups excluding carboxylic acids is 2. The molecule has 1 unspecified atom stereocenters. The minimum Gasteiger partial charge on any atom is -0.461 e. The van der Waals surface area contributed by atoms with Gasteiger partial charge in [-0.3, -0.25) is 4.79 Å². The Morgan fingerprint density at radius 3 is 2.57 bits per heavy atom. The Morgan fingerprint density at radius 1 is 1.33 bits per heavy atom.